The number of methoxy groups -OCH3 is 1. The van der Waals surface area contributed by atoms with Crippen molar-refractivity contribution in [3.63, 3.8) is 0 Å². The third-order valence-corrected chi connectivity index (χ3v) is 4.56. The maximum atomic E-state index is 12.2. The number of nitrogens with zero attached hydrogens (tertiary/aromatic N) is 1. The van der Waals surface area contributed by atoms with E-state index in [1.807, 2.05) is 31.2 Å². The summed E-state index contributed by atoms with van der Waals surface area (Å²) in [6.07, 6.45) is 1.66. The fourth-order valence-corrected chi connectivity index (χ4v) is 2.94. The molecule has 1 atom stereocenters. The molecule has 0 saturated heterocycles. The van der Waals surface area contributed by atoms with E-state index in [1.165, 1.54) is 11.8 Å². The van der Waals surface area contributed by atoms with Gasteiger partial charge in [0, 0.05) is 18.3 Å². The number of para-hydroxylation sites is 1. The SMILES string of the molecule is COc1ccccc1CNC(=O)[C@@H](C)Sc1ncccc1Cl. The first-order valence-corrected chi connectivity index (χ1v) is 8.04. The van der Waals surface area contributed by atoms with Crippen molar-refractivity contribution in [1.29, 1.82) is 0 Å². The fraction of sp³-hybridized carbons (Fsp3) is 0.250. The molecule has 0 aliphatic carbocycles. The van der Waals surface area contributed by atoms with Gasteiger partial charge in [0.15, 0.2) is 0 Å². The van der Waals surface area contributed by atoms with Gasteiger partial charge < -0.3 is 10.1 Å². The van der Waals surface area contributed by atoms with Crippen LogP contribution in [0.3, 0.4) is 0 Å². The monoisotopic (exact) mass is 336 g/mol. The number of benzene rings is 1. The van der Waals surface area contributed by atoms with Gasteiger partial charge in [0.05, 0.1) is 17.4 Å². The Balaban J connectivity index is 1.93. The maximum Gasteiger partial charge on any atom is 0.233 e. The summed E-state index contributed by atoms with van der Waals surface area (Å²) in [6, 6.07) is 11.1. The summed E-state index contributed by atoms with van der Waals surface area (Å²) in [5, 5.41) is 3.82. The summed E-state index contributed by atoms with van der Waals surface area (Å²) < 4.78 is 5.27. The number of carbonyl (C=O) groups is 1. The molecule has 0 fully saturated rings. The number of halogens is 1. The highest BCUT2D eigenvalue weighted by Gasteiger charge is 2.16. The van der Waals surface area contributed by atoms with Crippen LogP contribution in [0.5, 0.6) is 5.75 Å². The van der Waals surface area contributed by atoms with Crippen molar-refractivity contribution < 1.29 is 9.53 Å². The highest BCUT2D eigenvalue weighted by molar-refractivity contribution is 8.00. The van der Waals surface area contributed by atoms with E-state index in [9.17, 15) is 4.79 Å². The Morgan fingerprint density at radius 2 is 2.14 bits per heavy atom. The van der Waals surface area contributed by atoms with E-state index in [4.69, 9.17) is 16.3 Å². The second-order valence-corrected chi connectivity index (χ2v) is 6.32. The molecule has 4 nitrogen and oxygen atoms in total. The molecule has 6 heteroatoms. The number of carbonyl (C=O) groups excluding carboxylic acids is 1. The number of amides is 1. The van der Waals surface area contributed by atoms with Gasteiger partial charge in [0.25, 0.3) is 0 Å². The third kappa shape index (κ3) is 4.39. The largest absolute Gasteiger partial charge is 0.496 e. The molecule has 0 bridgehead atoms. The highest BCUT2D eigenvalue weighted by atomic mass is 35.5. The van der Waals surface area contributed by atoms with Crippen molar-refractivity contribution in [2.24, 2.45) is 0 Å². The van der Waals surface area contributed by atoms with Gasteiger partial charge in [0.2, 0.25) is 5.91 Å². The van der Waals surface area contributed by atoms with Gasteiger partial charge in [-0.15, -0.1) is 0 Å². The van der Waals surface area contributed by atoms with Crippen LogP contribution in [0.15, 0.2) is 47.6 Å². The van der Waals surface area contributed by atoms with Crippen molar-refractivity contribution in [2.75, 3.05) is 7.11 Å². The van der Waals surface area contributed by atoms with Crippen LogP contribution in [-0.4, -0.2) is 23.3 Å². The molecule has 1 heterocycles. The maximum absolute atomic E-state index is 12.2. The average molecular weight is 337 g/mol. The molecule has 22 heavy (non-hydrogen) atoms. The first kappa shape index (κ1) is 16.6. The van der Waals surface area contributed by atoms with Crippen LogP contribution in [0.1, 0.15) is 12.5 Å². The summed E-state index contributed by atoms with van der Waals surface area (Å²) in [5.74, 6) is 0.688. The molecule has 1 aromatic heterocycles. The van der Waals surface area contributed by atoms with Gasteiger partial charge in [-0.2, -0.15) is 0 Å². The number of pyridine rings is 1. The lowest BCUT2D eigenvalue weighted by molar-refractivity contribution is -0.120. The van der Waals surface area contributed by atoms with Gasteiger partial charge in [-0.25, -0.2) is 4.98 Å². The van der Waals surface area contributed by atoms with Crippen LogP contribution in [0.4, 0.5) is 0 Å². The molecule has 0 spiro atoms. The minimum atomic E-state index is -0.290. The van der Waals surface area contributed by atoms with Gasteiger partial charge in [-0.1, -0.05) is 41.6 Å². The average Bonchev–Trinajstić information content (AvgIpc) is 2.54. The molecule has 2 rings (SSSR count). The van der Waals surface area contributed by atoms with Gasteiger partial charge in [-0.3, -0.25) is 4.79 Å². The molecule has 0 aliphatic rings. The van der Waals surface area contributed by atoms with Crippen molar-refractivity contribution in [3.05, 3.63) is 53.2 Å². The Hall–Kier alpha value is -1.72. The van der Waals surface area contributed by atoms with Crippen LogP contribution in [0.25, 0.3) is 0 Å². The first-order valence-electron chi connectivity index (χ1n) is 6.78. The van der Waals surface area contributed by atoms with Gasteiger partial charge >= 0.3 is 0 Å². The van der Waals surface area contributed by atoms with Gasteiger partial charge in [0.1, 0.15) is 10.8 Å². The Labute approximate surface area is 139 Å². The summed E-state index contributed by atoms with van der Waals surface area (Å²) in [7, 11) is 1.61. The highest BCUT2D eigenvalue weighted by Crippen LogP contribution is 2.28. The Morgan fingerprint density at radius 3 is 2.86 bits per heavy atom. The van der Waals surface area contributed by atoms with E-state index in [2.05, 4.69) is 10.3 Å². The quantitative estimate of drug-likeness (QED) is 0.820. The molecule has 0 aliphatic heterocycles. The predicted molar refractivity (Wildman–Crippen MR) is 89.4 cm³/mol. The Bertz CT molecular complexity index is 652. The number of aromatic nitrogens is 1. The lowest BCUT2D eigenvalue weighted by atomic mass is 10.2. The van der Waals surface area contributed by atoms with Crippen molar-refractivity contribution in [3.8, 4) is 5.75 Å². The van der Waals surface area contributed by atoms with Crippen molar-refractivity contribution in [1.82, 2.24) is 10.3 Å². The number of nitrogens with one attached hydrogen (secondary N) is 1. The number of rotatable bonds is 6. The van der Waals surface area contributed by atoms with Gasteiger partial charge in [-0.05, 0) is 25.1 Å². The fourth-order valence-electron chi connectivity index (χ4n) is 1.85. The standard InChI is InChI=1S/C16H17ClN2O2S/c1-11(22-16-13(17)7-5-9-18-16)15(20)19-10-12-6-3-4-8-14(12)21-2/h3-9,11H,10H2,1-2H3,(H,19,20)/t11-/m1/s1. The normalized spacial score (nSPS) is 11.8. The second-order valence-electron chi connectivity index (χ2n) is 4.58. The zero-order valence-corrected chi connectivity index (χ0v) is 13.9. The molecule has 116 valence electrons. The van der Waals surface area contributed by atoms with E-state index in [1.54, 1.807) is 25.4 Å². The predicted octanol–water partition coefficient (Wildman–Crippen LogP) is 3.54. The molecule has 1 N–H and O–H groups in total. The smallest absolute Gasteiger partial charge is 0.233 e. The zero-order chi connectivity index (χ0) is 15.9. The van der Waals surface area contributed by atoms with Crippen molar-refractivity contribution >= 4 is 29.3 Å². The minimum Gasteiger partial charge on any atom is -0.496 e. The summed E-state index contributed by atoms with van der Waals surface area (Å²) in [6.45, 7) is 2.25. The van der Waals surface area contributed by atoms with Crippen molar-refractivity contribution in [2.45, 2.75) is 23.7 Å². The van der Waals surface area contributed by atoms with E-state index in [0.29, 0.717) is 16.6 Å². The molecular formula is C16H17ClN2O2S. The topological polar surface area (TPSA) is 51.2 Å². The third-order valence-electron chi connectivity index (χ3n) is 3.03. The number of hydrogen-bond acceptors (Lipinski definition) is 4. The molecule has 0 unspecified atom stereocenters. The summed E-state index contributed by atoms with van der Waals surface area (Å²) in [5.41, 5.74) is 0.936. The molecule has 1 aromatic carbocycles. The lowest BCUT2D eigenvalue weighted by Crippen LogP contribution is -2.30. The van der Waals surface area contributed by atoms with E-state index >= 15 is 0 Å². The molecule has 2 aromatic rings. The van der Waals surface area contributed by atoms with E-state index < -0.39 is 0 Å². The van der Waals surface area contributed by atoms with Crippen LogP contribution in [0, 0.1) is 0 Å². The molecular weight excluding hydrogens is 320 g/mol. The summed E-state index contributed by atoms with van der Waals surface area (Å²) in [4.78, 5) is 16.4. The minimum absolute atomic E-state index is 0.0716. The number of hydrogen-bond donors (Lipinski definition) is 1. The second kappa shape index (κ2) is 8.06. The summed E-state index contributed by atoms with van der Waals surface area (Å²) >= 11 is 7.39. The lowest BCUT2D eigenvalue weighted by Gasteiger charge is -2.13. The molecule has 1 amide bonds. The molecule has 0 radical (unpaired) electrons. The Kier molecular flexibility index (Phi) is 6.10. The van der Waals surface area contributed by atoms with Crippen LogP contribution < -0.4 is 10.1 Å². The van der Waals surface area contributed by atoms with Crippen LogP contribution in [0.2, 0.25) is 5.02 Å². The van der Waals surface area contributed by atoms with E-state index in [-0.39, 0.29) is 11.2 Å². The van der Waals surface area contributed by atoms with Crippen LogP contribution in [-0.2, 0) is 11.3 Å². The first-order chi connectivity index (χ1) is 10.6. The molecule has 0 saturated carbocycles. The Morgan fingerprint density at radius 1 is 1.36 bits per heavy atom. The number of thioether (sulfide) groups is 1. The van der Waals surface area contributed by atoms with Crippen LogP contribution >= 0.6 is 23.4 Å². The zero-order valence-electron chi connectivity index (χ0n) is 12.4. The van der Waals surface area contributed by atoms with E-state index in [0.717, 1.165) is 11.3 Å². The number of ether oxygens (including phenoxy) is 1.